The Morgan fingerprint density at radius 1 is 0.296 bits per heavy atom. The molecule has 1 aliphatic rings. The smallest absolute Gasteiger partial charge is 0.164 e. The van der Waals surface area contributed by atoms with E-state index in [1.54, 1.807) is 0 Å². The van der Waals surface area contributed by atoms with E-state index in [2.05, 4.69) is 115 Å². The monoisotopic (exact) mass is 689 g/mol. The Labute approximate surface area is 308 Å². The molecule has 5 heteroatoms. The van der Waals surface area contributed by atoms with Crippen LogP contribution in [0.4, 0.5) is 0 Å². The normalized spacial score (nSPS) is 12.1. The van der Waals surface area contributed by atoms with Crippen molar-refractivity contribution in [3.05, 3.63) is 164 Å². The van der Waals surface area contributed by atoms with Crippen molar-refractivity contribution in [2.45, 2.75) is 0 Å². The molecule has 0 amide bonds. The third-order valence-electron chi connectivity index (χ3n) is 10.9. The van der Waals surface area contributed by atoms with E-state index in [0.717, 1.165) is 77.1 Å². The van der Waals surface area contributed by atoms with Gasteiger partial charge in [-0.25, -0.2) is 15.0 Å². The summed E-state index contributed by atoms with van der Waals surface area (Å²) in [4.78, 5) is 15.9. The predicted octanol–water partition coefficient (Wildman–Crippen LogP) is 13.1. The van der Waals surface area contributed by atoms with Crippen LogP contribution in [0, 0.1) is 0 Å². The highest BCUT2D eigenvalue weighted by Crippen LogP contribution is 2.49. The van der Waals surface area contributed by atoms with E-state index in [1.807, 2.05) is 48.5 Å². The van der Waals surface area contributed by atoms with Gasteiger partial charge >= 0.3 is 0 Å². The van der Waals surface area contributed by atoms with Crippen molar-refractivity contribution in [3.8, 4) is 67.5 Å². The number of benzene rings is 8. The van der Waals surface area contributed by atoms with Crippen LogP contribution in [0.3, 0.4) is 0 Å². The number of para-hydroxylation sites is 2. The SMILES string of the molecule is c1ccc(-c2cccc3oc4ccccc4c23)c(-c2nc(-c3cc4c5c(cccc5c3)-c3ccccc3-4)nc(-c3cccc4oc5ccccc5c34)n2)c1. The van der Waals surface area contributed by atoms with Crippen LogP contribution in [0.25, 0.3) is 122 Å². The second-order valence-corrected chi connectivity index (χ2v) is 13.9. The van der Waals surface area contributed by atoms with Crippen molar-refractivity contribution in [3.63, 3.8) is 0 Å². The van der Waals surface area contributed by atoms with Crippen LogP contribution >= 0.6 is 0 Å². The largest absolute Gasteiger partial charge is 0.456 e. The van der Waals surface area contributed by atoms with Crippen LogP contribution in [0.15, 0.2) is 173 Å². The van der Waals surface area contributed by atoms with Gasteiger partial charge in [-0.05, 0) is 80.6 Å². The minimum absolute atomic E-state index is 0.583. The van der Waals surface area contributed by atoms with Crippen molar-refractivity contribution in [2.24, 2.45) is 0 Å². The molecule has 0 spiro atoms. The van der Waals surface area contributed by atoms with Crippen LogP contribution in [-0.4, -0.2) is 15.0 Å². The fourth-order valence-corrected chi connectivity index (χ4v) is 8.57. The third-order valence-corrected chi connectivity index (χ3v) is 10.9. The number of aromatic nitrogens is 3. The summed E-state index contributed by atoms with van der Waals surface area (Å²) < 4.78 is 12.6. The Balaban J connectivity index is 1.15. The fourth-order valence-electron chi connectivity index (χ4n) is 8.57. The maximum atomic E-state index is 6.33. The van der Waals surface area contributed by atoms with E-state index in [4.69, 9.17) is 23.8 Å². The molecule has 5 nitrogen and oxygen atoms in total. The highest BCUT2D eigenvalue weighted by atomic mass is 16.3. The van der Waals surface area contributed by atoms with Crippen molar-refractivity contribution in [1.29, 1.82) is 0 Å². The van der Waals surface area contributed by atoms with Gasteiger partial charge in [-0.1, -0.05) is 127 Å². The molecule has 250 valence electrons. The van der Waals surface area contributed by atoms with E-state index < -0.39 is 0 Å². The minimum Gasteiger partial charge on any atom is -0.456 e. The zero-order valence-electron chi connectivity index (χ0n) is 28.7. The molecule has 0 unspecified atom stereocenters. The Hall–Kier alpha value is -7.37. The molecule has 0 bridgehead atoms. The Morgan fingerprint density at radius 3 is 1.43 bits per heavy atom. The lowest BCUT2D eigenvalue weighted by molar-refractivity contribution is 0.668. The molecule has 11 aromatic rings. The van der Waals surface area contributed by atoms with Crippen LogP contribution in [0.1, 0.15) is 0 Å². The number of fused-ring (bicyclic) bond motifs is 9. The zero-order valence-corrected chi connectivity index (χ0v) is 28.7. The van der Waals surface area contributed by atoms with Gasteiger partial charge in [0.2, 0.25) is 0 Å². The van der Waals surface area contributed by atoms with Crippen molar-refractivity contribution in [1.82, 2.24) is 15.0 Å². The molecule has 0 radical (unpaired) electrons. The molecule has 1 aliphatic carbocycles. The van der Waals surface area contributed by atoms with Crippen LogP contribution < -0.4 is 0 Å². The summed E-state index contributed by atoms with van der Waals surface area (Å²) in [6, 6.07) is 56.7. The molecule has 3 heterocycles. The quantitative estimate of drug-likeness (QED) is 0.184. The topological polar surface area (TPSA) is 65.0 Å². The molecule has 12 rings (SSSR count). The van der Waals surface area contributed by atoms with Crippen molar-refractivity contribution < 1.29 is 8.83 Å². The number of hydrogen-bond donors (Lipinski definition) is 0. The molecule has 3 aromatic heterocycles. The maximum absolute atomic E-state index is 6.33. The Morgan fingerprint density at radius 2 is 0.741 bits per heavy atom. The van der Waals surface area contributed by atoms with Gasteiger partial charge in [0.1, 0.15) is 22.3 Å². The fraction of sp³-hybridized carbons (Fsp3) is 0. The molecule has 8 aromatic carbocycles. The van der Waals surface area contributed by atoms with Crippen molar-refractivity contribution >= 4 is 54.6 Å². The molecular weight excluding hydrogens is 663 g/mol. The summed E-state index contributed by atoms with van der Waals surface area (Å²) in [6.07, 6.45) is 0. The molecule has 0 atom stereocenters. The summed E-state index contributed by atoms with van der Waals surface area (Å²) in [5, 5.41) is 6.56. The zero-order chi connectivity index (χ0) is 35.3. The summed E-state index contributed by atoms with van der Waals surface area (Å²) in [5.74, 6) is 1.78. The van der Waals surface area contributed by atoms with E-state index >= 15 is 0 Å². The molecule has 0 saturated heterocycles. The van der Waals surface area contributed by atoms with Gasteiger partial charge in [0.25, 0.3) is 0 Å². The number of rotatable bonds is 4. The van der Waals surface area contributed by atoms with E-state index in [1.165, 1.54) is 27.6 Å². The first-order chi connectivity index (χ1) is 26.8. The standard InChI is InChI=1S/C49H27N3O2/c1-2-14-31-30(13-1)33-19-9-12-28-26-29(27-39(31)44(28)33)47-50-48(52-49(51-47)38-21-11-25-43-46(38)37-18-6-8-23-41(37)54-43)35-16-4-3-15-32(35)34-20-10-24-42-45(34)36-17-5-7-22-40(36)53-42/h1-27H. The Bertz CT molecular complexity index is 3350. The number of furan rings is 2. The van der Waals surface area contributed by atoms with Gasteiger partial charge in [0, 0.05) is 38.2 Å². The van der Waals surface area contributed by atoms with Gasteiger partial charge in [-0.3, -0.25) is 0 Å². The van der Waals surface area contributed by atoms with Gasteiger partial charge in [0.05, 0.1) is 0 Å². The highest BCUT2D eigenvalue weighted by Gasteiger charge is 2.24. The molecule has 0 aliphatic heterocycles. The van der Waals surface area contributed by atoms with Gasteiger partial charge < -0.3 is 8.83 Å². The first kappa shape index (κ1) is 29.2. The Kier molecular flexibility index (Phi) is 5.99. The van der Waals surface area contributed by atoms with Crippen molar-refractivity contribution in [2.75, 3.05) is 0 Å². The second-order valence-electron chi connectivity index (χ2n) is 13.9. The van der Waals surface area contributed by atoms with Crippen LogP contribution in [0.2, 0.25) is 0 Å². The summed E-state index contributed by atoms with van der Waals surface area (Å²) in [6.45, 7) is 0. The molecule has 0 N–H and O–H groups in total. The summed E-state index contributed by atoms with van der Waals surface area (Å²) >= 11 is 0. The third kappa shape index (κ3) is 4.18. The second kappa shape index (κ2) is 11.1. The lowest BCUT2D eigenvalue weighted by Gasteiger charge is -2.14. The van der Waals surface area contributed by atoms with E-state index in [9.17, 15) is 0 Å². The summed E-state index contributed by atoms with van der Waals surface area (Å²) in [5.41, 5.74) is 13.0. The average molecular weight is 690 g/mol. The van der Waals surface area contributed by atoms with Crippen LogP contribution in [0.5, 0.6) is 0 Å². The van der Waals surface area contributed by atoms with E-state index in [0.29, 0.717) is 17.5 Å². The summed E-state index contributed by atoms with van der Waals surface area (Å²) in [7, 11) is 0. The average Bonchev–Trinajstić information content (AvgIpc) is 3.91. The first-order valence-corrected chi connectivity index (χ1v) is 18.1. The molecule has 0 saturated carbocycles. The lowest BCUT2D eigenvalue weighted by Crippen LogP contribution is -2.01. The minimum atomic E-state index is 0.583. The predicted molar refractivity (Wildman–Crippen MR) is 218 cm³/mol. The molecule has 0 fully saturated rings. The van der Waals surface area contributed by atoms with E-state index in [-0.39, 0.29) is 0 Å². The van der Waals surface area contributed by atoms with Crippen LogP contribution in [-0.2, 0) is 0 Å². The number of hydrogen-bond acceptors (Lipinski definition) is 5. The van der Waals surface area contributed by atoms with Gasteiger partial charge in [-0.2, -0.15) is 0 Å². The first-order valence-electron chi connectivity index (χ1n) is 18.1. The maximum Gasteiger partial charge on any atom is 0.164 e. The number of nitrogens with zero attached hydrogens (tertiary/aromatic N) is 3. The lowest BCUT2D eigenvalue weighted by atomic mass is 9.95. The molecular formula is C49H27N3O2. The van der Waals surface area contributed by atoms with Gasteiger partial charge in [-0.15, -0.1) is 0 Å². The highest BCUT2D eigenvalue weighted by molar-refractivity contribution is 6.17. The molecule has 54 heavy (non-hydrogen) atoms. The van der Waals surface area contributed by atoms with Gasteiger partial charge in [0.15, 0.2) is 17.5 Å².